The number of ether oxygens (including phenoxy) is 1. The Morgan fingerprint density at radius 1 is 1.18 bits per heavy atom. The van der Waals surface area contributed by atoms with Gasteiger partial charge in [0.15, 0.2) is 17.1 Å². The van der Waals surface area contributed by atoms with Crippen LogP contribution in [0.1, 0.15) is 23.2 Å². The quantitative estimate of drug-likeness (QED) is 0.840. The van der Waals surface area contributed by atoms with E-state index in [0.29, 0.717) is 35.6 Å². The van der Waals surface area contributed by atoms with Crippen molar-refractivity contribution in [1.82, 2.24) is 10.1 Å². The normalized spacial score (nSPS) is 25.5. The summed E-state index contributed by atoms with van der Waals surface area (Å²) in [4.78, 5) is 16.6. The maximum atomic E-state index is 12.0. The maximum Gasteiger partial charge on any atom is 0.343 e. The summed E-state index contributed by atoms with van der Waals surface area (Å²) in [5.41, 5.74) is 0.750. The summed E-state index contributed by atoms with van der Waals surface area (Å²) in [7, 11) is 0. The number of morpholine rings is 1. The molecule has 7 nitrogen and oxygen atoms in total. The number of anilines is 1. The molecular weight excluding hydrogens is 382 g/mol. The number of carbonyl (C=O) groups is 1. The minimum atomic E-state index is -1.04. The van der Waals surface area contributed by atoms with E-state index in [0.717, 1.165) is 25.6 Å². The van der Waals surface area contributed by atoms with Crippen LogP contribution >= 0.6 is 11.6 Å². The Kier molecular flexibility index (Phi) is 4.53. The number of piperazine rings is 1. The Bertz CT molecular complexity index is 880. The molecule has 5 rings (SSSR count). The predicted molar refractivity (Wildman–Crippen MR) is 104 cm³/mol. The lowest BCUT2D eigenvalue weighted by molar-refractivity contribution is -0.0604. The Labute approximate surface area is 167 Å². The first-order valence-corrected chi connectivity index (χ1v) is 10.1. The lowest BCUT2D eigenvalue weighted by Crippen LogP contribution is -2.62. The molecule has 0 spiro atoms. The number of carboxylic acids is 1. The second-order valence-electron chi connectivity index (χ2n) is 7.80. The van der Waals surface area contributed by atoms with E-state index in [4.69, 9.17) is 20.9 Å². The summed E-state index contributed by atoms with van der Waals surface area (Å²) in [6, 6.07) is 7.66. The van der Waals surface area contributed by atoms with Gasteiger partial charge in [-0.15, -0.1) is 0 Å². The summed E-state index contributed by atoms with van der Waals surface area (Å²) < 4.78 is 11.3. The third-order valence-corrected chi connectivity index (χ3v) is 6.27. The monoisotopic (exact) mass is 403 g/mol. The molecule has 1 aromatic carbocycles. The first-order valence-electron chi connectivity index (χ1n) is 9.69. The second-order valence-corrected chi connectivity index (χ2v) is 8.24. The SMILES string of the molecule is O=C(O)c1c(N2CCN3[C@@H](COC[C@@H]3C3CC3)C2)noc1-c1ccc(Cl)cc1. The van der Waals surface area contributed by atoms with E-state index in [9.17, 15) is 9.90 Å². The highest BCUT2D eigenvalue weighted by atomic mass is 35.5. The molecule has 0 amide bonds. The molecule has 8 heteroatoms. The zero-order chi connectivity index (χ0) is 19.3. The lowest BCUT2D eigenvalue weighted by Gasteiger charge is -2.48. The number of aromatic carboxylic acids is 1. The van der Waals surface area contributed by atoms with Gasteiger partial charge in [0, 0.05) is 36.3 Å². The van der Waals surface area contributed by atoms with Gasteiger partial charge in [-0.2, -0.15) is 0 Å². The van der Waals surface area contributed by atoms with Crippen LogP contribution < -0.4 is 4.90 Å². The number of aromatic nitrogens is 1. The van der Waals surface area contributed by atoms with Gasteiger partial charge in [-0.3, -0.25) is 4.90 Å². The first-order chi connectivity index (χ1) is 13.6. The van der Waals surface area contributed by atoms with Crippen molar-refractivity contribution in [2.45, 2.75) is 24.9 Å². The molecule has 0 bridgehead atoms. The topological polar surface area (TPSA) is 79.0 Å². The zero-order valence-corrected chi connectivity index (χ0v) is 16.1. The Morgan fingerprint density at radius 2 is 1.96 bits per heavy atom. The van der Waals surface area contributed by atoms with E-state index in [1.165, 1.54) is 12.8 Å². The van der Waals surface area contributed by atoms with E-state index in [-0.39, 0.29) is 17.4 Å². The highest BCUT2D eigenvalue weighted by molar-refractivity contribution is 6.30. The largest absolute Gasteiger partial charge is 0.477 e. The molecule has 0 unspecified atom stereocenters. The van der Waals surface area contributed by atoms with Gasteiger partial charge >= 0.3 is 5.97 Å². The molecule has 1 N–H and O–H groups in total. The van der Waals surface area contributed by atoms with Crippen molar-refractivity contribution >= 4 is 23.4 Å². The van der Waals surface area contributed by atoms with Crippen molar-refractivity contribution in [2.24, 2.45) is 5.92 Å². The van der Waals surface area contributed by atoms with Gasteiger partial charge in [-0.1, -0.05) is 16.8 Å². The summed E-state index contributed by atoms with van der Waals surface area (Å²) in [6.45, 7) is 3.79. The van der Waals surface area contributed by atoms with E-state index in [1.54, 1.807) is 24.3 Å². The maximum absolute atomic E-state index is 12.0. The number of hydrogen-bond donors (Lipinski definition) is 1. The predicted octanol–water partition coefficient (Wildman–Crippen LogP) is 2.99. The third-order valence-electron chi connectivity index (χ3n) is 6.01. The number of rotatable bonds is 4. The van der Waals surface area contributed by atoms with Crippen LogP contribution in [0.3, 0.4) is 0 Å². The van der Waals surface area contributed by atoms with Gasteiger partial charge in [0.25, 0.3) is 0 Å². The molecule has 3 fully saturated rings. The van der Waals surface area contributed by atoms with Crippen LogP contribution in [0.5, 0.6) is 0 Å². The van der Waals surface area contributed by atoms with Crippen molar-refractivity contribution in [3.05, 3.63) is 34.9 Å². The van der Waals surface area contributed by atoms with Crippen LogP contribution in [0.4, 0.5) is 5.82 Å². The summed E-state index contributed by atoms with van der Waals surface area (Å²) >= 11 is 5.94. The van der Waals surface area contributed by atoms with Crippen molar-refractivity contribution in [3.8, 4) is 11.3 Å². The molecule has 2 aromatic rings. The van der Waals surface area contributed by atoms with Gasteiger partial charge in [0.2, 0.25) is 0 Å². The van der Waals surface area contributed by atoms with E-state index in [2.05, 4.69) is 10.1 Å². The Balaban J connectivity index is 1.42. The number of carboxylic acid groups (broad SMARTS) is 1. The molecule has 0 radical (unpaired) electrons. The molecule has 2 aliphatic heterocycles. The van der Waals surface area contributed by atoms with Crippen molar-refractivity contribution < 1.29 is 19.2 Å². The highest BCUT2D eigenvalue weighted by Gasteiger charge is 2.43. The van der Waals surface area contributed by atoms with Gasteiger partial charge < -0.3 is 19.3 Å². The number of halogens is 1. The van der Waals surface area contributed by atoms with Crippen molar-refractivity contribution in [2.75, 3.05) is 37.7 Å². The summed E-state index contributed by atoms with van der Waals surface area (Å²) in [6.07, 6.45) is 2.58. The first kappa shape index (κ1) is 18.0. The number of benzene rings is 1. The molecule has 3 heterocycles. The molecular formula is C20H22ClN3O4. The fourth-order valence-electron chi connectivity index (χ4n) is 4.44. The fourth-order valence-corrected chi connectivity index (χ4v) is 4.57. The van der Waals surface area contributed by atoms with Gasteiger partial charge in [0.1, 0.15) is 0 Å². The molecule has 1 aliphatic carbocycles. The van der Waals surface area contributed by atoms with E-state index in [1.807, 2.05) is 4.90 Å². The average molecular weight is 404 g/mol. The molecule has 2 saturated heterocycles. The minimum Gasteiger partial charge on any atom is -0.477 e. The zero-order valence-electron chi connectivity index (χ0n) is 15.4. The molecule has 3 aliphatic rings. The molecule has 1 saturated carbocycles. The molecule has 28 heavy (non-hydrogen) atoms. The number of fused-ring (bicyclic) bond motifs is 1. The second kappa shape index (κ2) is 7.06. The van der Waals surface area contributed by atoms with Crippen LogP contribution in [-0.4, -0.2) is 66.1 Å². The summed E-state index contributed by atoms with van der Waals surface area (Å²) in [5.74, 6) is 0.370. The van der Waals surface area contributed by atoms with Crippen molar-refractivity contribution in [1.29, 1.82) is 0 Å². The van der Waals surface area contributed by atoms with Crippen LogP contribution in [0.2, 0.25) is 5.02 Å². The smallest absolute Gasteiger partial charge is 0.343 e. The van der Waals surface area contributed by atoms with Gasteiger partial charge in [-0.05, 0) is 43.0 Å². The van der Waals surface area contributed by atoms with Crippen molar-refractivity contribution in [3.63, 3.8) is 0 Å². The Hall–Kier alpha value is -2.09. The molecule has 2 atom stereocenters. The van der Waals surface area contributed by atoms with Crippen LogP contribution in [0.15, 0.2) is 28.8 Å². The lowest BCUT2D eigenvalue weighted by atomic mass is 10.0. The standard InChI is InChI=1S/C20H22ClN3O4/c21-14-5-3-13(4-6-14)18-17(20(25)26)19(22-28-18)23-7-8-24-15(9-23)10-27-11-16(24)12-1-2-12/h3-6,12,15-16H,1-2,7-11H2,(H,25,26)/t15-,16-/m1/s1. The van der Waals surface area contributed by atoms with Crippen LogP contribution in [0, 0.1) is 5.92 Å². The number of hydrogen-bond acceptors (Lipinski definition) is 6. The summed E-state index contributed by atoms with van der Waals surface area (Å²) in [5, 5.41) is 14.6. The average Bonchev–Trinajstić information content (AvgIpc) is 3.45. The van der Waals surface area contributed by atoms with E-state index < -0.39 is 5.97 Å². The fraction of sp³-hybridized carbons (Fsp3) is 0.500. The van der Waals surface area contributed by atoms with Crippen LogP contribution in [0.25, 0.3) is 11.3 Å². The van der Waals surface area contributed by atoms with Gasteiger partial charge in [-0.25, -0.2) is 4.79 Å². The third kappa shape index (κ3) is 3.17. The number of nitrogens with zero attached hydrogens (tertiary/aromatic N) is 3. The van der Waals surface area contributed by atoms with Gasteiger partial charge in [0.05, 0.1) is 19.3 Å². The molecule has 148 valence electrons. The minimum absolute atomic E-state index is 0.103. The van der Waals surface area contributed by atoms with Crippen LogP contribution in [-0.2, 0) is 4.74 Å². The van der Waals surface area contributed by atoms with E-state index >= 15 is 0 Å². The molecule has 1 aromatic heterocycles. The highest BCUT2D eigenvalue weighted by Crippen LogP contribution is 2.39. The Morgan fingerprint density at radius 3 is 2.68 bits per heavy atom.